The lowest BCUT2D eigenvalue weighted by Gasteiger charge is -2.35. The van der Waals surface area contributed by atoms with Crippen LogP contribution < -0.4 is 5.73 Å². The van der Waals surface area contributed by atoms with E-state index in [1.54, 1.807) is 6.07 Å². The van der Waals surface area contributed by atoms with Crippen LogP contribution in [0.2, 0.25) is 0 Å². The summed E-state index contributed by atoms with van der Waals surface area (Å²) in [4.78, 5) is 0. The molecule has 0 amide bonds. The number of hydrogen-bond acceptors (Lipinski definition) is 2. The second-order valence-corrected chi connectivity index (χ2v) is 4.86. The third kappa shape index (κ3) is 2.40. The van der Waals surface area contributed by atoms with E-state index in [1.807, 2.05) is 6.92 Å². The van der Waals surface area contributed by atoms with Gasteiger partial charge in [0, 0.05) is 6.61 Å². The molecule has 1 aliphatic rings. The second-order valence-electron chi connectivity index (χ2n) is 4.86. The molecule has 2 nitrogen and oxygen atoms in total. The molecule has 0 aliphatic heterocycles. The Kier molecular flexibility index (Phi) is 3.97. The number of hydrogen-bond donors (Lipinski definition) is 1. The zero-order chi connectivity index (χ0) is 13.2. The predicted molar refractivity (Wildman–Crippen MR) is 66.1 cm³/mol. The van der Waals surface area contributed by atoms with Crippen LogP contribution in [0.25, 0.3) is 0 Å². The maximum absolute atomic E-state index is 13.3. The molecule has 0 spiro atoms. The minimum absolute atomic E-state index is 0.407. The van der Waals surface area contributed by atoms with Gasteiger partial charge in [-0.3, -0.25) is 0 Å². The highest BCUT2D eigenvalue weighted by Crippen LogP contribution is 2.41. The van der Waals surface area contributed by atoms with Crippen molar-refractivity contribution >= 4 is 0 Å². The Hall–Kier alpha value is -1.00. The molecule has 1 aliphatic carbocycles. The van der Waals surface area contributed by atoms with Crippen LogP contribution >= 0.6 is 0 Å². The summed E-state index contributed by atoms with van der Waals surface area (Å²) in [5, 5.41) is 0. The number of rotatable bonds is 4. The molecule has 4 heteroatoms. The van der Waals surface area contributed by atoms with Gasteiger partial charge in [0.15, 0.2) is 11.6 Å². The van der Waals surface area contributed by atoms with Crippen molar-refractivity contribution in [2.45, 2.75) is 44.2 Å². The summed E-state index contributed by atoms with van der Waals surface area (Å²) in [7, 11) is 0. The Morgan fingerprint density at radius 1 is 1.28 bits per heavy atom. The predicted octanol–water partition coefficient (Wildman–Crippen LogP) is 3.31. The minimum Gasteiger partial charge on any atom is -0.373 e. The van der Waals surface area contributed by atoms with Gasteiger partial charge in [-0.2, -0.15) is 0 Å². The average molecular weight is 255 g/mol. The monoisotopic (exact) mass is 255 g/mol. The molecule has 1 aromatic carbocycles. The highest BCUT2D eigenvalue weighted by molar-refractivity contribution is 5.24. The molecule has 1 unspecified atom stereocenters. The van der Waals surface area contributed by atoms with Crippen molar-refractivity contribution in [2.75, 3.05) is 6.61 Å². The van der Waals surface area contributed by atoms with Crippen molar-refractivity contribution in [1.29, 1.82) is 0 Å². The fourth-order valence-corrected chi connectivity index (χ4v) is 2.82. The van der Waals surface area contributed by atoms with Gasteiger partial charge in [-0.25, -0.2) is 8.78 Å². The average Bonchev–Trinajstić information content (AvgIpc) is 2.82. The molecule has 1 atom stereocenters. The van der Waals surface area contributed by atoms with E-state index in [0.717, 1.165) is 31.7 Å². The lowest BCUT2D eigenvalue weighted by molar-refractivity contribution is -0.0537. The normalized spacial score (nSPS) is 20.0. The van der Waals surface area contributed by atoms with Gasteiger partial charge in [0.2, 0.25) is 0 Å². The van der Waals surface area contributed by atoms with Crippen LogP contribution in [0.3, 0.4) is 0 Å². The molecular weight excluding hydrogens is 236 g/mol. The quantitative estimate of drug-likeness (QED) is 0.895. The number of benzene rings is 1. The van der Waals surface area contributed by atoms with Crippen LogP contribution in [0, 0.1) is 11.6 Å². The van der Waals surface area contributed by atoms with Crippen LogP contribution in [0.5, 0.6) is 0 Å². The molecule has 2 N–H and O–H groups in total. The fraction of sp³-hybridized carbons (Fsp3) is 0.571. The SMILES string of the molecule is CCOC1(C(N)c2ccc(F)c(F)c2)CCCC1. The van der Waals surface area contributed by atoms with Crippen LogP contribution in [0.15, 0.2) is 18.2 Å². The standard InChI is InChI=1S/C14H19F2NO/c1-2-18-14(7-3-4-8-14)13(17)10-5-6-11(15)12(16)9-10/h5-6,9,13H,2-4,7-8,17H2,1H3. The van der Waals surface area contributed by atoms with Crippen molar-refractivity contribution in [1.82, 2.24) is 0 Å². The van der Waals surface area contributed by atoms with Crippen molar-refractivity contribution in [3.63, 3.8) is 0 Å². The lowest BCUT2D eigenvalue weighted by Crippen LogP contribution is -2.41. The third-order valence-electron chi connectivity index (χ3n) is 3.75. The van der Waals surface area contributed by atoms with Gasteiger partial charge in [-0.1, -0.05) is 18.9 Å². The molecule has 0 radical (unpaired) electrons. The molecule has 1 saturated carbocycles. The van der Waals surface area contributed by atoms with E-state index >= 15 is 0 Å². The van der Waals surface area contributed by atoms with Crippen LogP contribution in [-0.2, 0) is 4.74 Å². The maximum atomic E-state index is 13.3. The molecular formula is C14H19F2NO. The largest absolute Gasteiger partial charge is 0.373 e. The topological polar surface area (TPSA) is 35.2 Å². The highest BCUT2D eigenvalue weighted by atomic mass is 19.2. The van der Waals surface area contributed by atoms with Crippen molar-refractivity contribution < 1.29 is 13.5 Å². The molecule has 0 bridgehead atoms. The summed E-state index contributed by atoms with van der Waals surface area (Å²) in [5.74, 6) is -1.70. The van der Waals surface area contributed by atoms with Crippen LogP contribution in [0.1, 0.15) is 44.2 Å². The Morgan fingerprint density at radius 2 is 1.94 bits per heavy atom. The van der Waals surface area contributed by atoms with Crippen molar-refractivity contribution in [2.24, 2.45) is 5.73 Å². The van der Waals surface area contributed by atoms with Crippen LogP contribution in [-0.4, -0.2) is 12.2 Å². The van der Waals surface area contributed by atoms with E-state index in [2.05, 4.69) is 0 Å². The first-order valence-corrected chi connectivity index (χ1v) is 6.43. The van der Waals surface area contributed by atoms with Gasteiger partial charge in [0.25, 0.3) is 0 Å². The highest BCUT2D eigenvalue weighted by Gasteiger charge is 2.41. The van der Waals surface area contributed by atoms with Gasteiger partial charge >= 0.3 is 0 Å². The molecule has 2 rings (SSSR count). The van der Waals surface area contributed by atoms with E-state index < -0.39 is 23.3 Å². The van der Waals surface area contributed by atoms with E-state index in [1.165, 1.54) is 6.07 Å². The Labute approximate surface area is 106 Å². The summed E-state index contributed by atoms with van der Waals surface area (Å²) >= 11 is 0. The Balaban J connectivity index is 2.27. The summed E-state index contributed by atoms with van der Waals surface area (Å²) < 4.78 is 32.0. The fourth-order valence-electron chi connectivity index (χ4n) is 2.82. The first-order valence-electron chi connectivity index (χ1n) is 6.43. The van der Waals surface area contributed by atoms with Gasteiger partial charge < -0.3 is 10.5 Å². The molecule has 1 aromatic rings. The summed E-state index contributed by atoms with van der Waals surface area (Å²) in [6, 6.07) is 3.44. The Morgan fingerprint density at radius 3 is 2.50 bits per heavy atom. The summed E-state index contributed by atoms with van der Waals surface area (Å²) in [6.07, 6.45) is 3.89. The molecule has 0 aromatic heterocycles. The number of ether oxygens (including phenoxy) is 1. The second kappa shape index (κ2) is 5.33. The smallest absolute Gasteiger partial charge is 0.159 e. The minimum atomic E-state index is -0.854. The molecule has 100 valence electrons. The summed E-state index contributed by atoms with van der Waals surface area (Å²) in [5.41, 5.74) is 6.41. The van der Waals surface area contributed by atoms with E-state index in [-0.39, 0.29) is 0 Å². The molecule has 0 saturated heterocycles. The van der Waals surface area contributed by atoms with Gasteiger partial charge in [0.05, 0.1) is 11.6 Å². The van der Waals surface area contributed by atoms with Gasteiger partial charge in [-0.15, -0.1) is 0 Å². The van der Waals surface area contributed by atoms with Gasteiger partial charge in [0.1, 0.15) is 0 Å². The number of halogens is 2. The van der Waals surface area contributed by atoms with Crippen molar-refractivity contribution in [3.05, 3.63) is 35.4 Å². The molecule has 18 heavy (non-hydrogen) atoms. The lowest BCUT2D eigenvalue weighted by atomic mass is 9.87. The van der Waals surface area contributed by atoms with Crippen molar-refractivity contribution in [3.8, 4) is 0 Å². The van der Waals surface area contributed by atoms with Crippen LogP contribution in [0.4, 0.5) is 8.78 Å². The first kappa shape index (κ1) is 13.4. The van der Waals surface area contributed by atoms with E-state index in [0.29, 0.717) is 12.2 Å². The third-order valence-corrected chi connectivity index (χ3v) is 3.75. The van der Waals surface area contributed by atoms with Gasteiger partial charge in [-0.05, 0) is 37.5 Å². The van der Waals surface area contributed by atoms with E-state index in [9.17, 15) is 8.78 Å². The molecule has 0 heterocycles. The Bertz CT molecular complexity index is 416. The first-order chi connectivity index (χ1) is 8.59. The zero-order valence-electron chi connectivity index (χ0n) is 10.6. The molecule has 1 fully saturated rings. The maximum Gasteiger partial charge on any atom is 0.159 e. The summed E-state index contributed by atoms with van der Waals surface area (Å²) in [6.45, 7) is 2.51. The number of nitrogens with two attached hydrogens (primary N) is 1. The zero-order valence-corrected chi connectivity index (χ0v) is 10.6. The van der Waals surface area contributed by atoms with E-state index in [4.69, 9.17) is 10.5 Å².